The molecule has 1 aromatic carbocycles. The fourth-order valence-electron chi connectivity index (χ4n) is 3.88. The van der Waals surface area contributed by atoms with E-state index >= 15 is 0 Å². The van der Waals surface area contributed by atoms with Crippen molar-refractivity contribution in [2.24, 2.45) is 5.92 Å². The molecule has 0 atom stereocenters. The zero-order valence-electron chi connectivity index (χ0n) is 17.5. The van der Waals surface area contributed by atoms with Gasteiger partial charge >= 0.3 is 0 Å². The van der Waals surface area contributed by atoms with E-state index in [9.17, 15) is 13.2 Å². The molecule has 1 fully saturated rings. The second kappa shape index (κ2) is 8.63. The van der Waals surface area contributed by atoms with Crippen molar-refractivity contribution in [2.45, 2.75) is 52.0 Å². The number of benzene rings is 1. The molecule has 1 aliphatic rings. The zero-order chi connectivity index (χ0) is 21.2. The fraction of sp³-hybridized carbons (Fsp3) is 0.455. The van der Waals surface area contributed by atoms with Crippen molar-refractivity contribution in [1.82, 2.24) is 14.6 Å². The first-order chi connectivity index (χ1) is 13.7. The van der Waals surface area contributed by atoms with Gasteiger partial charge in [-0.1, -0.05) is 12.1 Å². The van der Waals surface area contributed by atoms with Gasteiger partial charge in [-0.3, -0.25) is 9.78 Å². The highest BCUT2D eigenvalue weighted by molar-refractivity contribution is 7.89. The Bertz CT molecular complexity index is 969. The smallest absolute Gasteiger partial charge is 0.243 e. The van der Waals surface area contributed by atoms with Gasteiger partial charge in [-0.25, -0.2) is 8.42 Å². The van der Waals surface area contributed by atoms with Crippen LogP contribution in [0.4, 0.5) is 0 Å². The first kappa shape index (κ1) is 21.5. The molecule has 1 N–H and O–H groups in total. The molecule has 29 heavy (non-hydrogen) atoms. The topological polar surface area (TPSA) is 79.4 Å². The molecule has 1 amide bonds. The maximum absolute atomic E-state index is 13.3. The minimum absolute atomic E-state index is 0.0357. The van der Waals surface area contributed by atoms with Crippen LogP contribution in [-0.4, -0.2) is 36.7 Å². The van der Waals surface area contributed by atoms with E-state index in [4.69, 9.17) is 0 Å². The van der Waals surface area contributed by atoms with Gasteiger partial charge in [0.25, 0.3) is 0 Å². The third-order valence-corrected chi connectivity index (χ3v) is 8.06. The Morgan fingerprint density at radius 2 is 1.72 bits per heavy atom. The minimum Gasteiger partial charge on any atom is -0.350 e. The SMILES string of the molecule is Cc1cc(C)c(C)c(S(=O)(=O)N2CCC(C(=O)NCc3ccccn3)CC2)c1C. The fourth-order valence-corrected chi connectivity index (χ4v) is 5.93. The molecule has 156 valence electrons. The van der Waals surface area contributed by atoms with Gasteiger partial charge in [-0.15, -0.1) is 0 Å². The van der Waals surface area contributed by atoms with Gasteiger partial charge in [-0.2, -0.15) is 4.31 Å². The van der Waals surface area contributed by atoms with Crippen LogP contribution >= 0.6 is 0 Å². The number of pyridine rings is 1. The number of amides is 1. The van der Waals surface area contributed by atoms with Crippen LogP contribution in [0.1, 0.15) is 40.8 Å². The van der Waals surface area contributed by atoms with Crippen molar-refractivity contribution < 1.29 is 13.2 Å². The summed E-state index contributed by atoms with van der Waals surface area (Å²) in [5.41, 5.74) is 4.39. The summed E-state index contributed by atoms with van der Waals surface area (Å²) in [5, 5.41) is 2.92. The molecule has 0 bridgehead atoms. The van der Waals surface area contributed by atoms with Crippen LogP contribution in [-0.2, 0) is 21.4 Å². The molecular formula is C22H29N3O3S. The summed E-state index contributed by atoms with van der Waals surface area (Å²) in [6, 6.07) is 7.61. The van der Waals surface area contributed by atoms with Gasteiger partial charge in [0.05, 0.1) is 17.1 Å². The molecule has 0 radical (unpaired) electrons. The van der Waals surface area contributed by atoms with Crippen LogP contribution < -0.4 is 5.32 Å². The molecule has 1 aliphatic heterocycles. The second-order valence-corrected chi connectivity index (χ2v) is 9.68. The molecule has 1 saturated heterocycles. The summed E-state index contributed by atoms with van der Waals surface area (Å²) in [4.78, 5) is 17.1. The molecule has 0 aliphatic carbocycles. The van der Waals surface area contributed by atoms with Crippen LogP contribution in [0, 0.1) is 33.6 Å². The Morgan fingerprint density at radius 3 is 2.28 bits per heavy atom. The Kier molecular flexibility index (Phi) is 6.39. The predicted octanol–water partition coefficient (Wildman–Crippen LogP) is 3.03. The lowest BCUT2D eigenvalue weighted by atomic mass is 9.97. The van der Waals surface area contributed by atoms with E-state index in [-0.39, 0.29) is 11.8 Å². The van der Waals surface area contributed by atoms with E-state index < -0.39 is 10.0 Å². The summed E-state index contributed by atoms with van der Waals surface area (Å²) < 4.78 is 28.2. The summed E-state index contributed by atoms with van der Waals surface area (Å²) in [6.07, 6.45) is 2.74. The van der Waals surface area contributed by atoms with E-state index in [1.165, 1.54) is 4.31 Å². The number of rotatable bonds is 5. The average Bonchev–Trinajstić information content (AvgIpc) is 2.71. The Labute approximate surface area is 173 Å². The summed E-state index contributed by atoms with van der Waals surface area (Å²) in [7, 11) is -3.58. The monoisotopic (exact) mass is 415 g/mol. The standard InChI is InChI=1S/C22H29N3O3S/c1-15-13-16(2)18(4)21(17(15)3)29(27,28)25-11-8-19(9-12-25)22(26)24-14-20-7-5-6-10-23-20/h5-7,10,13,19H,8-9,11-12,14H2,1-4H3,(H,24,26). The third-order valence-electron chi connectivity index (χ3n) is 5.89. The van der Waals surface area contributed by atoms with Gasteiger partial charge < -0.3 is 5.32 Å². The lowest BCUT2D eigenvalue weighted by molar-refractivity contribution is -0.126. The van der Waals surface area contributed by atoms with E-state index in [2.05, 4.69) is 10.3 Å². The van der Waals surface area contributed by atoms with Crippen LogP contribution in [0.15, 0.2) is 35.4 Å². The number of sulfonamides is 1. The van der Waals surface area contributed by atoms with Crippen molar-refractivity contribution >= 4 is 15.9 Å². The molecule has 0 saturated carbocycles. The quantitative estimate of drug-likeness (QED) is 0.814. The zero-order valence-corrected chi connectivity index (χ0v) is 18.3. The lowest BCUT2D eigenvalue weighted by Crippen LogP contribution is -2.43. The largest absolute Gasteiger partial charge is 0.350 e. The van der Waals surface area contributed by atoms with E-state index in [0.717, 1.165) is 27.9 Å². The van der Waals surface area contributed by atoms with E-state index in [1.54, 1.807) is 6.20 Å². The predicted molar refractivity (Wildman–Crippen MR) is 113 cm³/mol. The number of carbonyl (C=O) groups excluding carboxylic acids is 1. The molecule has 0 spiro atoms. The first-order valence-electron chi connectivity index (χ1n) is 9.97. The summed E-state index contributed by atoms with van der Waals surface area (Å²) in [5.74, 6) is -0.210. The van der Waals surface area contributed by atoms with E-state index in [1.807, 2.05) is 52.0 Å². The van der Waals surface area contributed by atoms with Gasteiger partial charge in [0.2, 0.25) is 15.9 Å². The highest BCUT2D eigenvalue weighted by Gasteiger charge is 2.34. The molecular weight excluding hydrogens is 386 g/mol. The molecule has 3 rings (SSSR count). The van der Waals surface area contributed by atoms with Crippen LogP contribution in [0.3, 0.4) is 0 Å². The van der Waals surface area contributed by atoms with Crippen molar-refractivity contribution in [3.05, 3.63) is 58.4 Å². The highest BCUT2D eigenvalue weighted by Crippen LogP contribution is 2.31. The minimum atomic E-state index is -3.58. The second-order valence-electron chi connectivity index (χ2n) is 7.81. The Hall–Kier alpha value is -2.25. The molecule has 7 heteroatoms. The van der Waals surface area contributed by atoms with Gasteiger partial charge in [-0.05, 0) is 74.9 Å². The first-order valence-corrected chi connectivity index (χ1v) is 11.4. The highest BCUT2D eigenvalue weighted by atomic mass is 32.2. The van der Waals surface area contributed by atoms with Crippen molar-refractivity contribution in [1.29, 1.82) is 0 Å². The van der Waals surface area contributed by atoms with Crippen molar-refractivity contribution in [3.8, 4) is 0 Å². The third kappa shape index (κ3) is 4.51. The van der Waals surface area contributed by atoms with Crippen LogP contribution in [0.5, 0.6) is 0 Å². The number of hydrogen-bond donors (Lipinski definition) is 1. The molecule has 0 unspecified atom stereocenters. The van der Waals surface area contributed by atoms with Gasteiger partial charge in [0, 0.05) is 25.2 Å². The number of aryl methyl sites for hydroxylation is 2. The summed E-state index contributed by atoms with van der Waals surface area (Å²) in [6.45, 7) is 8.72. The van der Waals surface area contributed by atoms with Crippen LogP contribution in [0.2, 0.25) is 0 Å². The number of nitrogens with zero attached hydrogens (tertiary/aromatic N) is 2. The van der Waals surface area contributed by atoms with Crippen molar-refractivity contribution in [3.63, 3.8) is 0 Å². The Balaban J connectivity index is 1.67. The number of hydrogen-bond acceptors (Lipinski definition) is 4. The average molecular weight is 416 g/mol. The molecule has 1 aromatic heterocycles. The molecule has 2 heterocycles. The van der Waals surface area contributed by atoms with E-state index in [0.29, 0.717) is 37.4 Å². The Morgan fingerprint density at radius 1 is 1.10 bits per heavy atom. The maximum Gasteiger partial charge on any atom is 0.243 e. The number of carbonyl (C=O) groups is 1. The van der Waals surface area contributed by atoms with Crippen molar-refractivity contribution in [2.75, 3.05) is 13.1 Å². The maximum atomic E-state index is 13.3. The lowest BCUT2D eigenvalue weighted by Gasteiger charge is -2.31. The number of piperidine rings is 1. The number of nitrogens with one attached hydrogen (secondary N) is 1. The summed E-state index contributed by atoms with van der Waals surface area (Å²) >= 11 is 0. The van der Waals surface area contributed by atoms with Crippen LogP contribution in [0.25, 0.3) is 0 Å². The van der Waals surface area contributed by atoms with Gasteiger partial charge in [0.1, 0.15) is 0 Å². The molecule has 6 nitrogen and oxygen atoms in total. The normalized spacial score (nSPS) is 16.0. The number of aromatic nitrogens is 1. The molecule has 2 aromatic rings. The van der Waals surface area contributed by atoms with Gasteiger partial charge in [0.15, 0.2) is 0 Å².